The highest BCUT2D eigenvalue weighted by atomic mass is 16.7. The highest BCUT2D eigenvalue weighted by molar-refractivity contribution is 6.13. The van der Waals surface area contributed by atoms with Gasteiger partial charge in [-0.1, -0.05) is 6.07 Å². The van der Waals surface area contributed by atoms with Crippen LogP contribution in [0.15, 0.2) is 30.3 Å². The number of ether oxygens (including phenoxy) is 3. The first kappa shape index (κ1) is 16.9. The fourth-order valence-corrected chi connectivity index (χ4v) is 3.88. The van der Waals surface area contributed by atoms with Crippen LogP contribution in [-0.4, -0.2) is 28.1 Å². The minimum atomic E-state index is -0.517. The topological polar surface area (TPSA) is 105 Å². The molecule has 0 unspecified atom stereocenters. The number of aliphatic hydroxyl groups is 2. The van der Waals surface area contributed by atoms with E-state index in [1.165, 1.54) is 0 Å². The third-order valence-corrected chi connectivity index (χ3v) is 5.26. The molecular formula is C21H16O7. The number of aromatic hydroxyl groups is 1. The lowest BCUT2D eigenvalue weighted by Gasteiger charge is -2.16. The second-order valence-electron chi connectivity index (χ2n) is 6.70. The normalized spacial score (nSPS) is 14.4. The molecule has 0 fully saturated rings. The Kier molecular flexibility index (Phi) is 3.68. The van der Waals surface area contributed by atoms with Crippen molar-refractivity contribution in [2.24, 2.45) is 0 Å². The van der Waals surface area contributed by atoms with Gasteiger partial charge in [-0.3, -0.25) is 0 Å². The SMILES string of the molecule is O=C1OCc2c1c(-c1ccc3c(c1)OCO3)c1cc(CO)c(CO)cc1c2O. The quantitative estimate of drug-likeness (QED) is 0.600. The zero-order valence-electron chi connectivity index (χ0n) is 14.7. The van der Waals surface area contributed by atoms with Crippen LogP contribution in [-0.2, 0) is 24.6 Å². The lowest BCUT2D eigenvalue weighted by Crippen LogP contribution is -2.01. The molecule has 3 aromatic rings. The third kappa shape index (κ3) is 2.27. The van der Waals surface area contributed by atoms with Crippen molar-refractivity contribution < 1.29 is 34.3 Å². The van der Waals surface area contributed by atoms with Crippen LogP contribution in [0, 0.1) is 0 Å². The molecule has 3 aromatic carbocycles. The molecule has 7 heteroatoms. The maximum Gasteiger partial charge on any atom is 0.339 e. The van der Waals surface area contributed by atoms with Crippen molar-refractivity contribution >= 4 is 16.7 Å². The van der Waals surface area contributed by atoms with Crippen molar-refractivity contribution in [3.8, 4) is 28.4 Å². The smallest absolute Gasteiger partial charge is 0.339 e. The number of carbonyl (C=O) groups excluding carboxylic acids is 1. The third-order valence-electron chi connectivity index (χ3n) is 5.26. The molecule has 0 bridgehead atoms. The summed E-state index contributed by atoms with van der Waals surface area (Å²) in [5.41, 5.74) is 3.01. The van der Waals surface area contributed by atoms with E-state index < -0.39 is 5.97 Å². The van der Waals surface area contributed by atoms with Gasteiger partial charge in [0.2, 0.25) is 6.79 Å². The molecular weight excluding hydrogens is 364 g/mol. The summed E-state index contributed by atoms with van der Waals surface area (Å²) in [4.78, 5) is 12.5. The molecule has 28 heavy (non-hydrogen) atoms. The van der Waals surface area contributed by atoms with E-state index in [4.69, 9.17) is 14.2 Å². The average Bonchev–Trinajstić information content (AvgIpc) is 3.34. The molecule has 3 N–H and O–H groups in total. The van der Waals surface area contributed by atoms with Gasteiger partial charge in [0.15, 0.2) is 11.5 Å². The molecule has 0 spiro atoms. The van der Waals surface area contributed by atoms with Crippen molar-refractivity contribution in [3.63, 3.8) is 0 Å². The second kappa shape index (κ2) is 6.12. The zero-order chi connectivity index (χ0) is 19.4. The summed E-state index contributed by atoms with van der Waals surface area (Å²) in [5.74, 6) is 0.606. The van der Waals surface area contributed by atoms with Crippen molar-refractivity contribution in [3.05, 3.63) is 52.6 Å². The zero-order valence-corrected chi connectivity index (χ0v) is 14.7. The average molecular weight is 380 g/mol. The van der Waals surface area contributed by atoms with Crippen molar-refractivity contribution in [1.82, 2.24) is 0 Å². The number of carbonyl (C=O) groups is 1. The van der Waals surface area contributed by atoms with E-state index in [-0.39, 0.29) is 32.4 Å². The van der Waals surface area contributed by atoms with Crippen molar-refractivity contribution in [2.75, 3.05) is 6.79 Å². The van der Waals surface area contributed by atoms with Crippen molar-refractivity contribution in [1.29, 1.82) is 0 Å². The minimum absolute atomic E-state index is 0.0241. The van der Waals surface area contributed by atoms with Crippen LogP contribution in [0.4, 0.5) is 0 Å². The molecule has 2 heterocycles. The second-order valence-corrected chi connectivity index (χ2v) is 6.70. The number of hydrogen-bond acceptors (Lipinski definition) is 7. The lowest BCUT2D eigenvalue weighted by atomic mass is 9.87. The molecule has 0 radical (unpaired) electrons. The van der Waals surface area contributed by atoms with Gasteiger partial charge >= 0.3 is 5.97 Å². The summed E-state index contributed by atoms with van der Waals surface area (Å²) >= 11 is 0. The van der Waals surface area contributed by atoms with E-state index >= 15 is 0 Å². The predicted octanol–water partition coefficient (Wildman–Crippen LogP) is 2.60. The number of rotatable bonds is 3. The Bertz CT molecular complexity index is 1150. The first-order valence-electron chi connectivity index (χ1n) is 8.74. The Labute approximate surface area is 159 Å². The van der Waals surface area contributed by atoms with Gasteiger partial charge in [0.1, 0.15) is 12.4 Å². The van der Waals surface area contributed by atoms with E-state index in [9.17, 15) is 20.1 Å². The van der Waals surface area contributed by atoms with E-state index in [0.29, 0.717) is 55.7 Å². The summed E-state index contributed by atoms with van der Waals surface area (Å²) in [5, 5.41) is 31.2. The Hall–Kier alpha value is -3.29. The van der Waals surface area contributed by atoms with Gasteiger partial charge in [-0.05, 0) is 46.3 Å². The highest BCUT2D eigenvalue weighted by Crippen LogP contribution is 2.46. The maximum atomic E-state index is 12.5. The fourth-order valence-electron chi connectivity index (χ4n) is 3.88. The summed E-state index contributed by atoms with van der Waals surface area (Å²) in [7, 11) is 0. The van der Waals surface area contributed by atoms with Gasteiger partial charge in [0.05, 0.1) is 18.8 Å². The largest absolute Gasteiger partial charge is 0.507 e. The Balaban J connectivity index is 1.90. The highest BCUT2D eigenvalue weighted by Gasteiger charge is 2.32. The molecule has 7 nitrogen and oxygen atoms in total. The molecule has 142 valence electrons. The molecule has 5 rings (SSSR count). The van der Waals surface area contributed by atoms with Gasteiger partial charge < -0.3 is 29.5 Å². The van der Waals surface area contributed by atoms with Crippen LogP contribution in [0.2, 0.25) is 0 Å². The Morgan fingerprint density at radius 3 is 2.32 bits per heavy atom. The molecule has 2 aliphatic rings. The monoisotopic (exact) mass is 380 g/mol. The standard InChI is InChI=1S/C21H16O7/c22-6-11-3-13-14(4-12(11)7-23)20(24)15-8-26-21(25)19(15)18(13)10-1-2-16-17(5-10)28-9-27-16/h1-5,22-24H,6-9H2. The minimum Gasteiger partial charge on any atom is -0.507 e. The lowest BCUT2D eigenvalue weighted by molar-refractivity contribution is 0.0535. The number of aliphatic hydroxyl groups excluding tert-OH is 2. The van der Waals surface area contributed by atoms with Crippen LogP contribution >= 0.6 is 0 Å². The molecule has 2 aliphatic heterocycles. The van der Waals surface area contributed by atoms with Gasteiger partial charge in [-0.25, -0.2) is 4.79 Å². The molecule has 0 amide bonds. The fraction of sp³-hybridized carbons (Fsp3) is 0.190. The van der Waals surface area contributed by atoms with Gasteiger partial charge in [0, 0.05) is 16.5 Å². The number of fused-ring (bicyclic) bond motifs is 3. The van der Waals surface area contributed by atoms with E-state index in [1.807, 2.05) is 6.07 Å². The van der Waals surface area contributed by atoms with Crippen LogP contribution in [0.3, 0.4) is 0 Å². The Morgan fingerprint density at radius 2 is 1.57 bits per heavy atom. The van der Waals surface area contributed by atoms with E-state index in [0.717, 1.165) is 0 Å². The van der Waals surface area contributed by atoms with Crippen LogP contribution in [0.5, 0.6) is 17.2 Å². The van der Waals surface area contributed by atoms with Gasteiger partial charge in [-0.15, -0.1) is 0 Å². The summed E-state index contributed by atoms with van der Waals surface area (Å²) < 4.78 is 16.0. The predicted molar refractivity (Wildman–Crippen MR) is 98.1 cm³/mol. The van der Waals surface area contributed by atoms with E-state index in [2.05, 4.69) is 0 Å². The van der Waals surface area contributed by atoms with Crippen LogP contribution in [0.1, 0.15) is 27.0 Å². The number of hydrogen-bond donors (Lipinski definition) is 3. The van der Waals surface area contributed by atoms with Crippen LogP contribution < -0.4 is 9.47 Å². The first-order chi connectivity index (χ1) is 13.6. The first-order valence-corrected chi connectivity index (χ1v) is 8.74. The number of esters is 1. The summed E-state index contributed by atoms with van der Waals surface area (Å²) in [6, 6.07) is 8.67. The number of benzene rings is 3. The molecule has 0 saturated carbocycles. The molecule has 0 aromatic heterocycles. The number of cyclic esters (lactones) is 1. The maximum absolute atomic E-state index is 12.5. The van der Waals surface area contributed by atoms with Gasteiger partial charge in [0.25, 0.3) is 0 Å². The summed E-state index contributed by atoms with van der Waals surface area (Å²) in [6.45, 7) is -0.459. The molecule has 0 atom stereocenters. The Morgan fingerprint density at radius 1 is 0.857 bits per heavy atom. The molecule has 0 aliphatic carbocycles. The number of phenolic OH excluding ortho intramolecular Hbond substituents is 1. The molecule has 0 saturated heterocycles. The van der Waals surface area contributed by atoms with E-state index in [1.54, 1.807) is 24.3 Å². The van der Waals surface area contributed by atoms with Gasteiger partial charge in [-0.2, -0.15) is 0 Å². The van der Waals surface area contributed by atoms with Crippen molar-refractivity contribution in [2.45, 2.75) is 19.8 Å². The number of phenols is 1. The summed E-state index contributed by atoms with van der Waals surface area (Å²) in [6.07, 6.45) is 0. The van der Waals surface area contributed by atoms with Crippen LogP contribution in [0.25, 0.3) is 21.9 Å².